The number of para-hydroxylation sites is 1. The first kappa shape index (κ1) is 21.4. The molecule has 0 radical (unpaired) electrons. The summed E-state index contributed by atoms with van der Waals surface area (Å²) in [5.41, 5.74) is -3.09. The minimum absolute atomic E-state index is 0.220. The van der Waals surface area contributed by atoms with E-state index in [4.69, 9.17) is 9.15 Å². The SMILES string of the molecule is CCOC(=O)[C@@](C/C=C/c1ccco1)(N=C1C(=O)N(C)c2ccccc21)C(F)(F)F. The lowest BCUT2D eigenvalue weighted by molar-refractivity contribution is -0.204. The number of furan rings is 1. The summed E-state index contributed by atoms with van der Waals surface area (Å²) < 4.78 is 52.6. The Morgan fingerprint density at radius 2 is 1.97 bits per heavy atom. The standard InChI is InChI=1S/C21H19F3N2O4/c1-3-29-19(28)20(21(22,23)24,12-6-8-14-9-7-13-30-14)25-17-15-10-4-5-11-16(15)26(2)18(17)27/h4-11,13H,3,12H2,1-2H3/b8-6+,25-17?/t20-/m1/s1. The van der Waals surface area contributed by atoms with Gasteiger partial charge in [0.2, 0.25) is 0 Å². The Labute approximate surface area is 170 Å². The number of esters is 1. The Morgan fingerprint density at radius 3 is 2.60 bits per heavy atom. The number of benzene rings is 1. The normalized spacial score (nSPS) is 17.4. The van der Waals surface area contributed by atoms with Crippen LogP contribution >= 0.6 is 0 Å². The molecule has 158 valence electrons. The van der Waals surface area contributed by atoms with Crippen LogP contribution in [-0.2, 0) is 14.3 Å². The minimum atomic E-state index is -5.11. The van der Waals surface area contributed by atoms with Crippen LogP contribution in [0.5, 0.6) is 0 Å². The molecule has 0 spiro atoms. The summed E-state index contributed by atoms with van der Waals surface area (Å²) in [7, 11) is 1.43. The number of halogens is 3. The molecule has 0 aliphatic carbocycles. The molecule has 6 nitrogen and oxygen atoms in total. The minimum Gasteiger partial charge on any atom is -0.465 e. The first-order valence-electron chi connectivity index (χ1n) is 9.12. The number of alkyl halides is 3. The van der Waals surface area contributed by atoms with E-state index in [1.54, 1.807) is 30.3 Å². The van der Waals surface area contributed by atoms with Crippen LogP contribution in [0.1, 0.15) is 24.7 Å². The van der Waals surface area contributed by atoms with Crippen LogP contribution in [0.2, 0.25) is 0 Å². The van der Waals surface area contributed by atoms with Crippen molar-refractivity contribution >= 4 is 29.4 Å². The second-order valence-electron chi connectivity index (χ2n) is 6.54. The topological polar surface area (TPSA) is 72.1 Å². The molecule has 1 aromatic heterocycles. The van der Waals surface area contributed by atoms with Crippen LogP contribution in [0.25, 0.3) is 6.08 Å². The molecule has 1 aliphatic rings. The maximum Gasteiger partial charge on any atom is 0.424 e. The molecule has 3 rings (SSSR count). The van der Waals surface area contributed by atoms with E-state index in [1.807, 2.05) is 0 Å². The first-order chi connectivity index (χ1) is 14.2. The zero-order chi connectivity index (χ0) is 21.9. The van der Waals surface area contributed by atoms with Gasteiger partial charge >= 0.3 is 12.1 Å². The van der Waals surface area contributed by atoms with Crippen molar-refractivity contribution in [3.63, 3.8) is 0 Å². The Hall–Kier alpha value is -3.36. The quantitative estimate of drug-likeness (QED) is 0.662. The molecular formula is C21H19F3N2O4. The summed E-state index contributed by atoms with van der Waals surface area (Å²) in [5, 5.41) is 0. The number of ether oxygens (including phenoxy) is 1. The number of likely N-dealkylation sites (N-methyl/N-ethyl adjacent to an activating group) is 1. The average molecular weight is 420 g/mol. The second-order valence-corrected chi connectivity index (χ2v) is 6.54. The molecule has 0 saturated carbocycles. The summed E-state index contributed by atoms with van der Waals surface area (Å²) in [4.78, 5) is 30.1. The van der Waals surface area contributed by atoms with Gasteiger partial charge in [-0.25, -0.2) is 4.79 Å². The molecule has 2 aromatic rings. The summed E-state index contributed by atoms with van der Waals surface area (Å²) in [6.07, 6.45) is -2.18. The lowest BCUT2D eigenvalue weighted by atomic mass is 9.93. The van der Waals surface area contributed by atoms with E-state index in [2.05, 4.69) is 4.99 Å². The average Bonchev–Trinajstić information content (AvgIpc) is 3.29. The highest BCUT2D eigenvalue weighted by Gasteiger charge is 2.62. The number of amides is 1. The van der Waals surface area contributed by atoms with Gasteiger partial charge in [0, 0.05) is 19.0 Å². The Kier molecular flexibility index (Phi) is 5.82. The fourth-order valence-electron chi connectivity index (χ4n) is 3.10. The molecule has 2 heterocycles. The van der Waals surface area contributed by atoms with Crippen LogP contribution in [0.3, 0.4) is 0 Å². The number of fused-ring (bicyclic) bond motifs is 1. The van der Waals surface area contributed by atoms with Crippen molar-refractivity contribution in [1.29, 1.82) is 0 Å². The maximum absolute atomic E-state index is 14.3. The van der Waals surface area contributed by atoms with Crippen molar-refractivity contribution in [3.05, 3.63) is 60.1 Å². The molecule has 0 unspecified atom stereocenters. The van der Waals surface area contributed by atoms with E-state index in [9.17, 15) is 22.8 Å². The van der Waals surface area contributed by atoms with E-state index in [0.717, 1.165) is 6.08 Å². The van der Waals surface area contributed by atoms with Gasteiger partial charge in [-0.05, 0) is 31.2 Å². The van der Waals surface area contributed by atoms with Gasteiger partial charge in [-0.1, -0.05) is 24.3 Å². The zero-order valence-electron chi connectivity index (χ0n) is 16.3. The van der Waals surface area contributed by atoms with E-state index >= 15 is 0 Å². The second kappa shape index (κ2) is 8.17. The number of hydrogen-bond acceptors (Lipinski definition) is 5. The van der Waals surface area contributed by atoms with E-state index in [0.29, 0.717) is 11.4 Å². The van der Waals surface area contributed by atoms with Crippen molar-refractivity contribution in [2.45, 2.75) is 25.1 Å². The fraction of sp³-hybridized carbons (Fsp3) is 0.286. The maximum atomic E-state index is 14.3. The fourth-order valence-corrected chi connectivity index (χ4v) is 3.10. The number of carbonyl (C=O) groups excluding carboxylic acids is 2. The van der Waals surface area contributed by atoms with Gasteiger partial charge in [-0.3, -0.25) is 9.79 Å². The van der Waals surface area contributed by atoms with Gasteiger partial charge in [0.05, 0.1) is 18.6 Å². The molecule has 0 saturated heterocycles. The predicted octanol–water partition coefficient (Wildman–Crippen LogP) is 4.01. The molecular weight excluding hydrogens is 401 g/mol. The van der Waals surface area contributed by atoms with Crippen LogP contribution in [0.15, 0.2) is 58.1 Å². The third kappa shape index (κ3) is 3.74. The van der Waals surface area contributed by atoms with Crippen molar-refractivity contribution in [2.24, 2.45) is 4.99 Å². The third-order valence-corrected chi connectivity index (χ3v) is 4.65. The summed E-state index contributed by atoms with van der Waals surface area (Å²) in [6, 6.07) is 9.43. The predicted molar refractivity (Wildman–Crippen MR) is 104 cm³/mol. The summed E-state index contributed by atoms with van der Waals surface area (Å²) >= 11 is 0. The molecule has 1 aromatic carbocycles. The molecule has 1 amide bonds. The highest BCUT2D eigenvalue weighted by Crippen LogP contribution is 2.40. The van der Waals surface area contributed by atoms with E-state index < -0.39 is 35.7 Å². The number of carbonyl (C=O) groups is 2. The summed E-state index contributed by atoms with van der Waals surface area (Å²) in [5.74, 6) is -2.00. The first-order valence-corrected chi connectivity index (χ1v) is 9.12. The molecule has 30 heavy (non-hydrogen) atoms. The number of anilines is 1. The largest absolute Gasteiger partial charge is 0.465 e. The van der Waals surface area contributed by atoms with Crippen molar-refractivity contribution in [2.75, 3.05) is 18.6 Å². The van der Waals surface area contributed by atoms with Crippen molar-refractivity contribution < 1.29 is 31.9 Å². The number of aliphatic imine (C=N–C) groups is 1. The van der Waals surface area contributed by atoms with Gasteiger partial charge in [0.1, 0.15) is 11.5 Å². The van der Waals surface area contributed by atoms with Crippen LogP contribution in [-0.4, -0.2) is 43.0 Å². The van der Waals surface area contributed by atoms with E-state index in [1.165, 1.54) is 37.3 Å². The van der Waals surface area contributed by atoms with Gasteiger partial charge in [-0.2, -0.15) is 13.2 Å². The van der Waals surface area contributed by atoms with Gasteiger partial charge in [0.15, 0.2) is 0 Å². The number of rotatable bonds is 6. The van der Waals surface area contributed by atoms with Crippen LogP contribution < -0.4 is 4.90 Å². The summed E-state index contributed by atoms with van der Waals surface area (Å²) in [6.45, 7) is 1.13. The number of hydrogen-bond donors (Lipinski definition) is 0. The lowest BCUT2D eigenvalue weighted by Gasteiger charge is -2.29. The lowest BCUT2D eigenvalue weighted by Crippen LogP contribution is -2.52. The smallest absolute Gasteiger partial charge is 0.424 e. The van der Waals surface area contributed by atoms with Gasteiger partial charge in [-0.15, -0.1) is 0 Å². The van der Waals surface area contributed by atoms with E-state index in [-0.39, 0.29) is 12.2 Å². The Balaban J connectivity index is 2.14. The Bertz CT molecular complexity index is 996. The van der Waals surface area contributed by atoms with Gasteiger partial charge in [0.25, 0.3) is 11.4 Å². The number of nitrogens with zero attached hydrogens (tertiary/aromatic N) is 2. The van der Waals surface area contributed by atoms with Crippen LogP contribution in [0.4, 0.5) is 18.9 Å². The molecule has 9 heteroatoms. The molecule has 0 bridgehead atoms. The highest BCUT2D eigenvalue weighted by molar-refractivity contribution is 6.54. The highest BCUT2D eigenvalue weighted by atomic mass is 19.4. The monoisotopic (exact) mass is 420 g/mol. The zero-order valence-corrected chi connectivity index (χ0v) is 16.3. The third-order valence-electron chi connectivity index (χ3n) is 4.65. The molecule has 1 atom stereocenters. The molecule has 0 N–H and O–H groups in total. The molecule has 0 fully saturated rings. The van der Waals surface area contributed by atoms with Gasteiger partial charge < -0.3 is 14.1 Å². The molecule has 1 aliphatic heterocycles. The van der Waals surface area contributed by atoms with Crippen molar-refractivity contribution in [3.8, 4) is 0 Å². The van der Waals surface area contributed by atoms with Crippen molar-refractivity contribution in [1.82, 2.24) is 0 Å². The Morgan fingerprint density at radius 1 is 1.23 bits per heavy atom. The van der Waals surface area contributed by atoms with Crippen LogP contribution in [0, 0.1) is 0 Å².